The number of carbonyl (C=O) groups excluding carboxylic acids is 2. The molecule has 9 heteroatoms. The van der Waals surface area contributed by atoms with Gasteiger partial charge in [-0.05, 0) is 34.7 Å². The van der Waals surface area contributed by atoms with E-state index in [4.69, 9.17) is 9.84 Å². The Labute approximate surface area is 196 Å². The number of hydrogen-bond acceptors (Lipinski definition) is 6. The topological polar surface area (TPSA) is 131 Å². The average molecular weight is 460 g/mol. The predicted octanol–water partition coefficient (Wildman–Crippen LogP) is 2.86. The molecule has 1 aliphatic carbocycles. The lowest BCUT2D eigenvalue weighted by Gasteiger charge is -2.19. The number of fused-ring (bicyclic) bond motifs is 3. The molecule has 1 atom stereocenters. The highest BCUT2D eigenvalue weighted by Gasteiger charge is 2.30. The van der Waals surface area contributed by atoms with Crippen LogP contribution in [0, 0.1) is 0 Å². The number of amides is 2. The number of hydrogen-bond donors (Lipinski definition) is 3. The van der Waals surface area contributed by atoms with Crippen molar-refractivity contribution in [2.45, 2.75) is 31.3 Å². The standard InChI is InChI=1S/C25H24N4O5/c30-23(31)10-9-22(24(32)27-13-16-11-12-26-15-28-16)29-25(33)34-14-21-19-7-3-1-5-17(19)18-6-2-4-8-20(18)21/h1-8,11-12,15,21-22H,9-10,13-14H2,(H,27,32)(H,29,33)(H,30,31). The van der Waals surface area contributed by atoms with E-state index in [2.05, 4.69) is 20.6 Å². The van der Waals surface area contributed by atoms with Crippen LogP contribution in [0.1, 0.15) is 35.6 Å². The third-order valence-electron chi connectivity index (χ3n) is 5.69. The van der Waals surface area contributed by atoms with Crippen LogP contribution in [0.3, 0.4) is 0 Å². The number of nitrogens with one attached hydrogen (secondary N) is 2. The number of benzene rings is 2. The fourth-order valence-corrected chi connectivity index (χ4v) is 4.04. The highest BCUT2D eigenvalue weighted by atomic mass is 16.5. The predicted molar refractivity (Wildman–Crippen MR) is 123 cm³/mol. The first-order valence-electron chi connectivity index (χ1n) is 10.9. The van der Waals surface area contributed by atoms with Gasteiger partial charge in [0, 0.05) is 18.5 Å². The molecule has 0 radical (unpaired) electrons. The molecule has 0 saturated carbocycles. The molecule has 2 aromatic carbocycles. The third kappa shape index (κ3) is 5.37. The molecule has 0 spiro atoms. The Morgan fingerprint density at radius 1 is 1.00 bits per heavy atom. The van der Waals surface area contributed by atoms with Crippen LogP contribution in [0.25, 0.3) is 11.1 Å². The van der Waals surface area contributed by atoms with Gasteiger partial charge in [-0.15, -0.1) is 0 Å². The number of aromatic nitrogens is 2. The zero-order valence-electron chi connectivity index (χ0n) is 18.3. The van der Waals surface area contributed by atoms with Gasteiger partial charge in [0.15, 0.2) is 0 Å². The van der Waals surface area contributed by atoms with Gasteiger partial charge in [0.1, 0.15) is 19.0 Å². The maximum atomic E-state index is 12.6. The molecule has 1 aliphatic rings. The minimum absolute atomic E-state index is 0.0743. The van der Waals surface area contributed by atoms with Crippen LogP contribution in [0.15, 0.2) is 67.1 Å². The highest BCUT2D eigenvalue weighted by molar-refractivity contribution is 5.86. The van der Waals surface area contributed by atoms with Crippen LogP contribution in [0.4, 0.5) is 4.79 Å². The molecule has 3 N–H and O–H groups in total. The zero-order chi connectivity index (χ0) is 23.9. The van der Waals surface area contributed by atoms with Gasteiger partial charge in [-0.2, -0.15) is 0 Å². The van der Waals surface area contributed by atoms with Gasteiger partial charge >= 0.3 is 12.1 Å². The van der Waals surface area contributed by atoms with E-state index in [1.807, 2.05) is 48.5 Å². The normalized spacial score (nSPS) is 12.8. The van der Waals surface area contributed by atoms with E-state index in [1.165, 1.54) is 6.33 Å². The monoisotopic (exact) mass is 460 g/mol. The van der Waals surface area contributed by atoms with Crippen molar-refractivity contribution in [2.24, 2.45) is 0 Å². The van der Waals surface area contributed by atoms with E-state index in [1.54, 1.807) is 12.3 Å². The molecule has 1 heterocycles. The summed E-state index contributed by atoms with van der Waals surface area (Å²) in [5.41, 5.74) is 4.94. The van der Waals surface area contributed by atoms with Crippen molar-refractivity contribution in [3.8, 4) is 11.1 Å². The van der Waals surface area contributed by atoms with Crippen molar-refractivity contribution in [1.82, 2.24) is 20.6 Å². The second-order valence-electron chi connectivity index (χ2n) is 7.87. The number of alkyl carbamates (subject to hydrolysis) is 1. The number of rotatable bonds is 9. The lowest BCUT2D eigenvalue weighted by Crippen LogP contribution is -2.47. The molecular formula is C25H24N4O5. The van der Waals surface area contributed by atoms with Gasteiger partial charge in [0.05, 0.1) is 12.2 Å². The lowest BCUT2D eigenvalue weighted by atomic mass is 9.98. The van der Waals surface area contributed by atoms with Crippen LogP contribution in [-0.2, 0) is 20.9 Å². The van der Waals surface area contributed by atoms with E-state index in [0.29, 0.717) is 5.69 Å². The number of aliphatic carboxylic acids is 1. The molecule has 1 unspecified atom stereocenters. The Morgan fingerprint density at radius 2 is 1.68 bits per heavy atom. The smallest absolute Gasteiger partial charge is 0.407 e. The Hall–Kier alpha value is -4.27. The van der Waals surface area contributed by atoms with Gasteiger partial charge in [0.2, 0.25) is 5.91 Å². The molecule has 0 fully saturated rings. The maximum absolute atomic E-state index is 12.6. The van der Waals surface area contributed by atoms with E-state index in [-0.39, 0.29) is 31.9 Å². The van der Waals surface area contributed by atoms with Gasteiger partial charge < -0.3 is 20.5 Å². The Kier molecular flexibility index (Phi) is 7.12. The first-order valence-corrected chi connectivity index (χ1v) is 10.9. The molecule has 174 valence electrons. The van der Waals surface area contributed by atoms with Crippen molar-refractivity contribution in [1.29, 1.82) is 0 Å². The number of carbonyl (C=O) groups is 3. The molecule has 0 bridgehead atoms. The van der Waals surface area contributed by atoms with Crippen LogP contribution in [0.2, 0.25) is 0 Å². The fraction of sp³-hybridized carbons (Fsp3) is 0.240. The first-order chi connectivity index (χ1) is 16.5. The molecule has 0 saturated heterocycles. The van der Waals surface area contributed by atoms with Crippen LogP contribution >= 0.6 is 0 Å². The molecular weight excluding hydrogens is 436 g/mol. The summed E-state index contributed by atoms with van der Waals surface area (Å²) in [5, 5.41) is 14.2. The average Bonchev–Trinajstić information content (AvgIpc) is 3.18. The second kappa shape index (κ2) is 10.6. The van der Waals surface area contributed by atoms with E-state index in [0.717, 1.165) is 22.3 Å². The summed E-state index contributed by atoms with van der Waals surface area (Å²) in [6.45, 7) is 0.214. The highest BCUT2D eigenvalue weighted by Crippen LogP contribution is 2.44. The van der Waals surface area contributed by atoms with Gasteiger partial charge in [-0.25, -0.2) is 14.8 Å². The lowest BCUT2D eigenvalue weighted by molar-refractivity contribution is -0.137. The molecule has 9 nitrogen and oxygen atoms in total. The molecule has 2 amide bonds. The van der Waals surface area contributed by atoms with Gasteiger partial charge in [-0.3, -0.25) is 9.59 Å². The van der Waals surface area contributed by atoms with E-state index >= 15 is 0 Å². The molecule has 0 aliphatic heterocycles. The quantitative estimate of drug-likeness (QED) is 0.448. The minimum atomic E-state index is -1.07. The summed E-state index contributed by atoms with van der Waals surface area (Å²) >= 11 is 0. The summed E-state index contributed by atoms with van der Waals surface area (Å²) < 4.78 is 5.49. The zero-order valence-corrected chi connectivity index (χ0v) is 18.3. The van der Waals surface area contributed by atoms with Crippen molar-refractivity contribution >= 4 is 18.0 Å². The summed E-state index contributed by atoms with van der Waals surface area (Å²) in [6, 6.07) is 16.5. The van der Waals surface area contributed by atoms with Crippen molar-refractivity contribution < 1.29 is 24.2 Å². The fourth-order valence-electron chi connectivity index (χ4n) is 4.04. The van der Waals surface area contributed by atoms with Crippen molar-refractivity contribution in [3.05, 3.63) is 83.9 Å². The Balaban J connectivity index is 1.39. The van der Waals surface area contributed by atoms with Crippen LogP contribution < -0.4 is 10.6 Å². The van der Waals surface area contributed by atoms with E-state index < -0.39 is 24.0 Å². The molecule has 4 rings (SSSR count). The Bertz CT molecular complexity index is 1140. The van der Waals surface area contributed by atoms with Gasteiger partial charge in [-0.1, -0.05) is 48.5 Å². The molecule has 34 heavy (non-hydrogen) atoms. The second-order valence-corrected chi connectivity index (χ2v) is 7.87. The maximum Gasteiger partial charge on any atom is 0.407 e. The number of nitrogens with zero attached hydrogens (tertiary/aromatic N) is 2. The summed E-state index contributed by atoms with van der Waals surface area (Å²) in [5.74, 6) is -1.71. The van der Waals surface area contributed by atoms with Gasteiger partial charge in [0.25, 0.3) is 0 Å². The summed E-state index contributed by atoms with van der Waals surface area (Å²) in [7, 11) is 0. The van der Waals surface area contributed by atoms with Crippen molar-refractivity contribution in [3.63, 3.8) is 0 Å². The number of carboxylic acids is 1. The largest absolute Gasteiger partial charge is 0.481 e. The summed E-state index contributed by atoms with van der Waals surface area (Å²) in [6.07, 6.45) is 1.77. The minimum Gasteiger partial charge on any atom is -0.481 e. The molecule has 3 aromatic rings. The number of carboxylic acid groups (broad SMARTS) is 1. The van der Waals surface area contributed by atoms with Crippen LogP contribution in [-0.4, -0.2) is 45.7 Å². The SMILES string of the molecule is O=C(O)CCC(NC(=O)OCC1c2ccccc2-c2ccccc21)C(=O)NCc1ccncn1. The first kappa shape index (κ1) is 22.9. The Morgan fingerprint density at radius 3 is 2.29 bits per heavy atom. The molecule has 1 aromatic heterocycles. The van der Waals surface area contributed by atoms with Crippen LogP contribution in [0.5, 0.6) is 0 Å². The van der Waals surface area contributed by atoms with Crippen molar-refractivity contribution in [2.75, 3.05) is 6.61 Å². The van der Waals surface area contributed by atoms with E-state index in [9.17, 15) is 14.4 Å². The summed E-state index contributed by atoms with van der Waals surface area (Å²) in [4.78, 5) is 44.1. The third-order valence-corrected chi connectivity index (χ3v) is 5.69. The number of ether oxygens (including phenoxy) is 1.